The van der Waals surface area contributed by atoms with Crippen molar-refractivity contribution in [1.82, 2.24) is 4.90 Å². The number of piperidine rings is 1. The quantitative estimate of drug-likeness (QED) is 0.733. The Morgan fingerprint density at radius 3 is 2.71 bits per heavy atom. The molecule has 0 aromatic heterocycles. The van der Waals surface area contributed by atoms with Gasteiger partial charge in [-0.1, -0.05) is 6.92 Å². The molecule has 1 aromatic rings. The van der Waals surface area contributed by atoms with Crippen LogP contribution in [0.4, 0.5) is 13.2 Å². The summed E-state index contributed by atoms with van der Waals surface area (Å²) in [5, 5.41) is 0. The standard InChI is InChI=1S/C15H17BrF3NO/c1-2-11-5-3-4-8-20(11)14(21)12-9-10(15(17,18)19)6-7-13(12)16/h6-7,9,11H,2-5,8H2,1H3. The maximum absolute atomic E-state index is 12.8. The Morgan fingerprint density at radius 1 is 1.38 bits per heavy atom. The summed E-state index contributed by atoms with van der Waals surface area (Å²) >= 11 is 3.19. The summed E-state index contributed by atoms with van der Waals surface area (Å²) in [6, 6.07) is 3.33. The molecule has 1 heterocycles. The highest BCUT2D eigenvalue weighted by molar-refractivity contribution is 9.10. The molecule has 1 fully saturated rings. The molecular formula is C15H17BrF3NO. The summed E-state index contributed by atoms with van der Waals surface area (Å²) in [5.41, 5.74) is -0.704. The van der Waals surface area contributed by atoms with Gasteiger partial charge in [0.15, 0.2) is 0 Å². The number of likely N-dealkylation sites (tertiary alicyclic amines) is 1. The molecule has 0 radical (unpaired) electrons. The number of benzene rings is 1. The molecular weight excluding hydrogens is 347 g/mol. The van der Waals surface area contributed by atoms with Crippen LogP contribution in [0, 0.1) is 0 Å². The molecule has 21 heavy (non-hydrogen) atoms. The summed E-state index contributed by atoms with van der Waals surface area (Å²) < 4.78 is 38.8. The molecule has 2 nitrogen and oxygen atoms in total. The molecule has 0 spiro atoms. The third-order valence-electron chi connectivity index (χ3n) is 3.88. The monoisotopic (exact) mass is 363 g/mol. The van der Waals surface area contributed by atoms with Gasteiger partial charge in [-0.15, -0.1) is 0 Å². The van der Waals surface area contributed by atoms with E-state index in [1.807, 2.05) is 6.92 Å². The largest absolute Gasteiger partial charge is 0.416 e. The molecule has 1 saturated heterocycles. The number of hydrogen-bond acceptors (Lipinski definition) is 1. The summed E-state index contributed by atoms with van der Waals surface area (Å²) in [6.45, 7) is 2.61. The molecule has 0 aliphatic carbocycles. The molecule has 1 unspecified atom stereocenters. The Hall–Kier alpha value is -1.04. The third kappa shape index (κ3) is 3.59. The van der Waals surface area contributed by atoms with E-state index >= 15 is 0 Å². The Labute approximate surface area is 130 Å². The Kier molecular flexibility index (Phi) is 4.96. The average molecular weight is 364 g/mol. The molecule has 0 saturated carbocycles. The topological polar surface area (TPSA) is 20.3 Å². The van der Waals surface area contributed by atoms with E-state index in [0.717, 1.165) is 37.8 Å². The SMILES string of the molecule is CCC1CCCCN1C(=O)c1cc(C(F)(F)F)ccc1Br. The van der Waals surface area contributed by atoms with Gasteiger partial charge in [-0.05, 0) is 59.8 Å². The number of nitrogens with zero attached hydrogens (tertiary/aromatic N) is 1. The van der Waals surface area contributed by atoms with E-state index in [2.05, 4.69) is 15.9 Å². The van der Waals surface area contributed by atoms with Crippen molar-refractivity contribution in [3.8, 4) is 0 Å². The molecule has 0 N–H and O–H groups in total. The highest BCUT2D eigenvalue weighted by Crippen LogP contribution is 2.33. The normalized spacial score (nSPS) is 19.7. The maximum atomic E-state index is 12.8. The van der Waals surface area contributed by atoms with E-state index in [1.54, 1.807) is 4.90 Å². The molecule has 1 amide bonds. The lowest BCUT2D eigenvalue weighted by molar-refractivity contribution is -0.137. The Morgan fingerprint density at radius 2 is 2.10 bits per heavy atom. The first kappa shape index (κ1) is 16.3. The molecule has 1 aromatic carbocycles. The summed E-state index contributed by atoms with van der Waals surface area (Å²) in [7, 11) is 0. The van der Waals surface area contributed by atoms with Crippen LogP contribution in [0.1, 0.15) is 48.5 Å². The zero-order valence-electron chi connectivity index (χ0n) is 11.7. The van der Waals surface area contributed by atoms with Crippen molar-refractivity contribution < 1.29 is 18.0 Å². The third-order valence-corrected chi connectivity index (χ3v) is 4.57. The van der Waals surface area contributed by atoms with Crippen molar-refractivity contribution in [3.63, 3.8) is 0 Å². The number of rotatable bonds is 2. The lowest BCUT2D eigenvalue weighted by atomic mass is 9.98. The first-order valence-corrected chi connectivity index (χ1v) is 7.81. The Bertz CT molecular complexity index is 530. The van der Waals surface area contributed by atoms with Gasteiger partial charge in [0.2, 0.25) is 0 Å². The van der Waals surface area contributed by atoms with Crippen LogP contribution in [-0.2, 0) is 6.18 Å². The van der Waals surface area contributed by atoms with Gasteiger partial charge in [0.05, 0.1) is 11.1 Å². The summed E-state index contributed by atoms with van der Waals surface area (Å²) in [5.74, 6) is -0.320. The van der Waals surface area contributed by atoms with Gasteiger partial charge in [0, 0.05) is 17.1 Å². The molecule has 1 aliphatic heterocycles. The van der Waals surface area contributed by atoms with Crippen LogP contribution in [0.2, 0.25) is 0 Å². The second-order valence-electron chi connectivity index (χ2n) is 5.25. The zero-order valence-corrected chi connectivity index (χ0v) is 13.3. The Balaban J connectivity index is 2.33. The molecule has 2 rings (SSSR count). The van der Waals surface area contributed by atoms with Crippen LogP contribution >= 0.6 is 15.9 Å². The van der Waals surface area contributed by atoms with E-state index in [-0.39, 0.29) is 17.5 Å². The van der Waals surface area contributed by atoms with Crippen LogP contribution in [0.5, 0.6) is 0 Å². The molecule has 116 valence electrons. The van der Waals surface area contributed by atoms with Crippen molar-refractivity contribution in [3.05, 3.63) is 33.8 Å². The second-order valence-corrected chi connectivity index (χ2v) is 6.10. The highest BCUT2D eigenvalue weighted by atomic mass is 79.9. The number of amides is 1. The summed E-state index contributed by atoms with van der Waals surface area (Å²) in [4.78, 5) is 14.3. The molecule has 0 bridgehead atoms. The average Bonchev–Trinajstić information content (AvgIpc) is 2.45. The maximum Gasteiger partial charge on any atom is 0.416 e. The van der Waals surface area contributed by atoms with Crippen molar-refractivity contribution in [2.45, 2.75) is 44.8 Å². The van der Waals surface area contributed by atoms with Crippen LogP contribution in [0.15, 0.2) is 22.7 Å². The predicted molar refractivity (Wildman–Crippen MR) is 78.1 cm³/mol. The minimum Gasteiger partial charge on any atom is -0.336 e. The molecule has 1 atom stereocenters. The minimum atomic E-state index is -4.44. The lowest BCUT2D eigenvalue weighted by Crippen LogP contribution is -2.43. The van der Waals surface area contributed by atoms with Gasteiger partial charge in [0.1, 0.15) is 0 Å². The van der Waals surface area contributed by atoms with Gasteiger partial charge >= 0.3 is 6.18 Å². The van der Waals surface area contributed by atoms with Gasteiger partial charge in [-0.2, -0.15) is 13.2 Å². The van der Waals surface area contributed by atoms with Crippen molar-refractivity contribution in [2.24, 2.45) is 0 Å². The van der Waals surface area contributed by atoms with Gasteiger partial charge in [0.25, 0.3) is 5.91 Å². The van der Waals surface area contributed by atoms with Crippen molar-refractivity contribution >= 4 is 21.8 Å². The van der Waals surface area contributed by atoms with E-state index in [1.165, 1.54) is 6.07 Å². The number of halogens is 4. The van der Waals surface area contributed by atoms with E-state index < -0.39 is 11.7 Å². The van der Waals surface area contributed by atoms with Crippen LogP contribution in [-0.4, -0.2) is 23.4 Å². The van der Waals surface area contributed by atoms with Crippen LogP contribution in [0.3, 0.4) is 0 Å². The molecule has 1 aliphatic rings. The second kappa shape index (κ2) is 6.38. The first-order valence-electron chi connectivity index (χ1n) is 7.02. The summed E-state index contributed by atoms with van der Waals surface area (Å²) in [6.07, 6.45) is -0.742. The van der Waals surface area contributed by atoms with Gasteiger partial charge in [-0.25, -0.2) is 0 Å². The number of alkyl halides is 3. The molecule has 6 heteroatoms. The van der Waals surface area contributed by atoms with E-state index in [9.17, 15) is 18.0 Å². The van der Waals surface area contributed by atoms with Crippen molar-refractivity contribution in [2.75, 3.05) is 6.54 Å². The lowest BCUT2D eigenvalue weighted by Gasteiger charge is -2.35. The van der Waals surface area contributed by atoms with E-state index in [0.29, 0.717) is 11.0 Å². The fraction of sp³-hybridized carbons (Fsp3) is 0.533. The number of carbonyl (C=O) groups excluding carboxylic acids is 1. The van der Waals surface area contributed by atoms with Crippen LogP contribution in [0.25, 0.3) is 0 Å². The zero-order chi connectivity index (χ0) is 15.6. The number of carbonyl (C=O) groups is 1. The smallest absolute Gasteiger partial charge is 0.336 e. The van der Waals surface area contributed by atoms with Crippen molar-refractivity contribution in [1.29, 1.82) is 0 Å². The van der Waals surface area contributed by atoms with E-state index in [4.69, 9.17) is 0 Å². The van der Waals surface area contributed by atoms with Gasteiger partial charge < -0.3 is 4.90 Å². The number of hydrogen-bond donors (Lipinski definition) is 0. The van der Waals surface area contributed by atoms with Crippen LogP contribution < -0.4 is 0 Å². The first-order chi connectivity index (χ1) is 9.84. The predicted octanol–water partition coefficient (Wildman–Crippen LogP) is 4.87. The highest BCUT2D eigenvalue weighted by Gasteiger charge is 2.33. The fourth-order valence-electron chi connectivity index (χ4n) is 2.71. The van der Waals surface area contributed by atoms with Gasteiger partial charge in [-0.3, -0.25) is 4.79 Å². The fourth-order valence-corrected chi connectivity index (χ4v) is 3.13. The minimum absolute atomic E-state index is 0.0881.